The van der Waals surface area contributed by atoms with Crippen molar-refractivity contribution in [2.24, 2.45) is 5.73 Å². The summed E-state index contributed by atoms with van der Waals surface area (Å²) in [5.74, 6) is 0.131. The average Bonchev–Trinajstić information content (AvgIpc) is 2.18. The third kappa shape index (κ3) is 5.24. The van der Waals surface area contributed by atoms with Crippen molar-refractivity contribution in [3.05, 3.63) is 24.3 Å². The fourth-order valence-electron chi connectivity index (χ4n) is 1.03. The first-order valence-electron chi connectivity index (χ1n) is 4.51. The van der Waals surface area contributed by atoms with Gasteiger partial charge < -0.3 is 16.2 Å². The number of hydrogen-bond donors (Lipinski definition) is 3. The molecule has 0 fully saturated rings. The van der Waals surface area contributed by atoms with E-state index in [1.165, 1.54) is 12.1 Å². The number of nitrogens with one attached hydrogen (secondary N) is 1. The lowest BCUT2D eigenvalue weighted by Gasteiger charge is -2.04. The van der Waals surface area contributed by atoms with Gasteiger partial charge in [-0.15, -0.1) is 12.4 Å². The number of amides is 1. The van der Waals surface area contributed by atoms with Crippen LogP contribution < -0.4 is 11.1 Å². The van der Waals surface area contributed by atoms with E-state index in [0.29, 0.717) is 25.1 Å². The topological polar surface area (TPSA) is 75.4 Å². The van der Waals surface area contributed by atoms with Crippen molar-refractivity contribution >= 4 is 24.0 Å². The van der Waals surface area contributed by atoms with E-state index >= 15 is 0 Å². The molecule has 0 aliphatic heterocycles. The van der Waals surface area contributed by atoms with E-state index in [1.54, 1.807) is 12.1 Å². The van der Waals surface area contributed by atoms with E-state index in [9.17, 15) is 4.79 Å². The Hall–Kier alpha value is -1.26. The van der Waals surface area contributed by atoms with Gasteiger partial charge >= 0.3 is 0 Å². The van der Waals surface area contributed by atoms with Gasteiger partial charge in [0.1, 0.15) is 5.75 Å². The number of carbonyl (C=O) groups is 1. The number of halogens is 1. The first kappa shape index (κ1) is 13.7. The Labute approximate surface area is 94.9 Å². The number of hydrogen-bond acceptors (Lipinski definition) is 3. The SMILES string of the molecule is Cl.NCCCC(=O)Nc1ccc(O)cc1. The Bertz CT molecular complexity index is 301. The van der Waals surface area contributed by atoms with Crippen LogP contribution in [0.3, 0.4) is 0 Å². The molecule has 1 rings (SSSR count). The van der Waals surface area contributed by atoms with E-state index in [0.717, 1.165) is 0 Å². The predicted molar refractivity (Wildman–Crippen MR) is 62.3 cm³/mol. The lowest BCUT2D eigenvalue weighted by atomic mass is 10.2. The molecule has 5 heteroatoms. The zero-order valence-electron chi connectivity index (χ0n) is 8.27. The van der Waals surface area contributed by atoms with Gasteiger partial charge in [-0.25, -0.2) is 0 Å². The smallest absolute Gasteiger partial charge is 0.224 e. The molecule has 4 nitrogen and oxygen atoms in total. The summed E-state index contributed by atoms with van der Waals surface area (Å²) in [5.41, 5.74) is 5.96. The summed E-state index contributed by atoms with van der Waals surface area (Å²) in [6.07, 6.45) is 1.11. The number of carbonyl (C=O) groups excluding carboxylic acids is 1. The summed E-state index contributed by atoms with van der Waals surface area (Å²) < 4.78 is 0. The van der Waals surface area contributed by atoms with E-state index in [-0.39, 0.29) is 24.1 Å². The lowest BCUT2D eigenvalue weighted by Crippen LogP contribution is -2.13. The Morgan fingerprint density at radius 3 is 2.47 bits per heavy atom. The molecule has 0 bridgehead atoms. The van der Waals surface area contributed by atoms with E-state index in [2.05, 4.69) is 5.32 Å². The first-order valence-corrected chi connectivity index (χ1v) is 4.51. The molecule has 1 aromatic carbocycles. The van der Waals surface area contributed by atoms with Crippen molar-refractivity contribution < 1.29 is 9.90 Å². The minimum absolute atomic E-state index is 0. The fourth-order valence-corrected chi connectivity index (χ4v) is 1.03. The van der Waals surface area contributed by atoms with Crippen molar-refractivity contribution in [2.75, 3.05) is 11.9 Å². The van der Waals surface area contributed by atoms with Crippen molar-refractivity contribution in [1.29, 1.82) is 0 Å². The molecule has 0 saturated heterocycles. The molecule has 0 heterocycles. The van der Waals surface area contributed by atoms with Crippen LogP contribution in [0, 0.1) is 0 Å². The van der Waals surface area contributed by atoms with Crippen LogP contribution in [-0.4, -0.2) is 17.6 Å². The largest absolute Gasteiger partial charge is 0.508 e. The maximum Gasteiger partial charge on any atom is 0.224 e. The maximum absolute atomic E-state index is 11.2. The summed E-state index contributed by atoms with van der Waals surface area (Å²) in [7, 11) is 0. The average molecular weight is 231 g/mol. The summed E-state index contributed by atoms with van der Waals surface area (Å²) in [6, 6.07) is 6.35. The van der Waals surface area contributed by atoms with Crippen LogP contribution in [0.15, 0.2) is 24.3 Å². The summed E-state index contributed by atoms with van der Waals surface area (Å²) >= 11 is 0. The summed E-state index contributed by atoms with van der Waals surface area (Å²) in [5, 5.41) is 11.7. The predicted octanol–water partition coefficient (Wildman–Crippen LogP) is 1.49. The van der Waals surface area contributed by atoms with Crippen LogP contribution in [0.25, 0.3) is 0 Å². The van der Waals surface area contributed by atoms with Gasteiger partial charge in [0.05, 0.1) is 0 Å². The highest BCUT2D eigenvalue weighted by molar-refractivity contribution is 5.90. The second-order valence-corrected chi connectivity index (χ2v) is 2.99. The van der Waals surface area contributed by atoms with Gasteiger partial charge in [-0.3, -0.25) is 4.79 Å². The van der Waals surface area contributed by atoms with Crippen LogP contribution in [0.4, 0.5) is 5.69 Å². The Balaban J connectivity index is 0.00000196. The molecule has 4 N–H and O–H groups in total. The normalized spacial score (nSPS) is 9.13. The van der Waals surface area contributed by atoms with Crippen LogP contribution in [0.2, 0.25) is 0 Å². The van der Waals surface area contributed by atoms with E-state index in [4.69, 9.17) is 10.8 Å². The highest BCUT2D eigenvalue weighted by atomic mass is 35.5. The minimum Gasteiger partial charge on any atom is -0.508 e. The number of aromatic hydroxyl groups is 1. The molecule has 0 aromatic heterocycles. The molecule has 0 saturated carbocycles. The summed E-state index contributed by atoms with van der Waals surface area (Å²) in [4.78, 5) is 11.2. The Morgan fingerprint density at radius 2 is 1.93 bits per heavy atom. The number of benzene rings is 1. The van der Waals surface area contributed by atoms with Gasteiger partial charge in [-0.05, 0) is 37.2 Å². The van der Waals surface area contributed by atoms with Crippen LogP contribution in [0.1, 0.15) is 12.8 Å². The molecule has 0 spiro atoms. The van der Waals surface area contributed by atoms with Crippen molar-refractivity contribution in [3.8, 4) is 5.75 Å². The van der Waals surface area contributed by atoms with Crippen molar-refractivity contribution in [3.63, 3.8) is 0 Å². The number of nitrogens with two attached hydrogens (primary N) is 1. The molecule has 0 aliphatic rings. The van der Waals surface area contributed by atoms with Crippen LogP contribution in [-0.2, 0) is 4.79 Å². The van der Waals surface area contributed by atoms with E-state index in [1.807, 2.05) is 0 Å². The van der Waals surface area contributed by atoms with Crippen LogP contribution >= 0.6 is 12.4 Å². The van der Waals surface area contributed by atoms with E-state index < -0.39 is 0 Å². The summed E-state index contributed by atoms with van der Waals surface area (Å²) in [6.45, 7) is 0.517. The van der Waals surface area contributed by atoms with Gasteiger partial charge in [0.15, 0.2) is 0 Å². The minimum atomic E-state index is -0.0545. The molecule has 0 atom stereocenters. The van der Waals surface area contributed by atoms with Gasteiger partial charge in [0, 0.05) is 12.1 Å². The molecular formula is C10H15ClN2O2. The number of phenolic OH excluding ortho intramolecular Hbond substituents is 1. The molecule has 15 heavy (non-hydrogen) atoms. The third-order valence-corrected chi connectivity index (χ3v) is 1.76. The number of rotatable bonds is 4. The first-order chi connectivity index (χ1) is 6.72. The Kier molecular flexibility index (Phi) is 6.49. The molecule has 0 radical (unpaired) electrons. The molecule has 84 valence electrons. The fraction of sp³-hybridized carbons (Fsp3) is 0.300. The zero-order chi connectivity index (χ0) is 10.4. The number of anilines is 1. The quantitative estimate of drug-likeness (QED) is 0.686. The molecular weight excluding hydrogens is 216 g/mol. The highest BCUT2D eigenvalue weighted by Crippen LogP contribution is 2.13. The maximum atomic E-state index is 11.2. The molecule has 1 aromatic rings. The highest BCUT2D eigenvalue weighted by Gasteiger charge is 2.00. The van der Waals surface area contributed by atoms with Gasteiger partial charge in [-0.2, -0.15) is 0 Å². The standard InChI is InChI=1S/C10H14N2O2.ClH/c11-7-1-2-10(14)12-8-3-5-9(13)6-4-8;/h3-6,13H,1-2,7,11H2,(H,12,14);1H. The second-order valence-electron chi connectivity index (χ2n) is 2.99. The van der Waals surface area contributed by atoms with Gasteiger partial charge in [0.25, 0.3) is 0 Å². The van der Waals surface area contributed by atoms with Gasteiger partial charge in [0.2, 0.25) is 5.91 Å². The van der Waals surface area contributed by atoms with Crippen molar-refractivity contribution in [2.45, 2.75) is 12.8 Å². The molecule has 1 amide bonds. The van der Waals surface area contributed by atoms with Gasteiger partial charge in [-0.1, -0.05) is 0 Å². The lowest BCUT2D eigenvalue weighted by molar-refractivity contribution is -0.116. The zero-order valence-corrected chi connectivity index (χ0v) is 9.09. The Morgan fingerprint density at radius 1 is 1.33 bits per heavy atom. The molecule has 0 aliphatic carbocycles. The second kappa shape index (κ2) is 7.09. The number of phenols is 1. The van der Waals surface area contributed by atoms with Crippen LogP contribution in [0.5, 0.6) is 5.75 Å². The monoisotopic (exact) mass is 230 g/mol. The third-order valence-electron chi connectivity index (χ3n) is 1.76. The molecule has 0 unspecified atom stereocenters. The van der Waals surface area contributed by atoms with Crippen molar-refractivity contribution in [1.82, 2.24) is 0 Å².